The van der Waals surface area contributed by atoms with Crippen LogP contribution < -0.4 is 10.1 Å². The van der Waals surface area contributed by atoms with E-state index in [1.54, 1.807) is 18.2 Å². The van der Waals surface area contributed by atoms with Gasteiger partial charge >= 0.3 is 0 Å². The normalized spacial score (nSPS) is 15.3. The maximum absolute atomic E-state index is 13.0. The molecule has 0 radical (unpaired) electrons. The zero-order valence-corrected chi connectivity index (χ0v) is 20.0. The Morgan fingerprint density at radius 3 is 2.44 bits per heavy atom. The predicted molar refractivity (Wildman–Crippen MR) is 126 cm³/mol. The summed E-state index contributed by atoms with van der Waals surface area (Å²) in [5.41, 5.74) is 0.751. The highest BCUT2D eigenvalue weighted by molar-refractivity contribution is 7.89. The number of benzene rings is 2. The van der Waals surface area contributed by atoms with Gasteiger partial charge in [0.2, 0.25) is 15.9 Å². The zero-order chi connectivity index (χ0) is 23.3. The van der Waals surface area contributed by atoms with E-state index in [4.69, 9.17) is 32.7 Å². The lowest BCUT2D eigenvalue weighted by molar-refractivity contribution is -0.111. The Morgan fingerprint density at radius 1 is 1.16 bits per heavy atom. The molecule has 172 valence electrons. The number of nitrogens with zero attached hydrogens (tertiary/aromatic N) is 1. The van der Waals surface area contributed by atoms with Gasteiger partial charge in [0.1, 0.15) is 5.75 Å². The van der Waals surface area contributed by atoms with E-state index < -0.39 is 15.9 Å². The zero-order valence-electron chi connectivity index (χ0n) is 17.7. The highest BCUT2D eigenvalue weighted by Crippen LogP contribution is 2.31. The monoisotopic (exact) mass is 498 g/mol. The minimum absolute atomic E-state index is 0.0592. The van der Waals surface area contributed by atoms with Crippen molar-refractivity contribution in [3.8, 4) is 5.75 Å². The number of halogens is 2. The lowest BCUT2D eigenvalue weighted by Crippen LogP contribution is -2.40. The molecule has 1 heterocycles. The van der Waals surface area contributed by atoms with Crippen molar-refractivity contribution >= 4 is 50.9 Å². The third-order valence-corrected chi connectivity index (χ3v) is 7.13. The lowest BCUT2D eigenvalue weighted by atomic mass is 10.2. The number of hydrogen-bond acceptors (Lipinski definition) is 5. The smallest absolute Gasteiger partial charge is 0.248 e. The summed E-state index contributed by atoms with van der Waals surface area (Å²) in [5.74, 6) is -0.131. The van der Waals surface area contributed by atoms with Crippen molar-refractivity contribution in [2.45, 2.75) is 24.8 Å². The molecule has 10 heteroatoms. The molecular formula is C22H24Cl2N2O5S. The van der Waals surface area contributed by atoms with E-state index in [2.05, 4.69) is 5.32 Å². The van der Waals surface area contributed by atoms with Crippen LogP contribution in [0.25, 0.3) is 6.08 Å². The minimum Gasteiger partial charge on any atom is -0.489 e. The number of amides is 1. The lowest BCUT2D eigenvalue weighted by Gasteiger charge is -2.26. The van der Waals surface area contributed by atoms with Gasteiger partial charge in [0.15, 0.2) is 0 Å². The Kier molecular flexibility index (Phi) is 8.19. The largest absolute Gasteiger partial charge is 0.489 e. The number of nitrogens with one attached hydrogen (secondary N) is 1. The molecule has 2 aromatic rings. The molecule has 1 aliphatic heterocycles. The number of carbonyl (C=O) groups excluding carboxylic acids is 1. The Balaban J connectivity index is 1.88. The van der Waals surface area contributed by atoms with Crippen LogP contribution in [-0.4, -0.2) is 51.0 Å². The van der Waals surface area contributed by atoms with E-state index >= 15 is 0 Å². The quantitative estimate of drug-likeness (QED) is 0.569. The van der Waals surface area contributed by atoms with E-state index in [-0.39, 0.29) is 29.8 Å². The molecule has 1 amide bonds. The molecule has 7 nitrogen and oxygen atoms in total. The predicted octanol–water partition coefficient (Wildman–Crippen LogP) is 4.45. The number of carbonyl (C=O) groups is 1. The third kappa shape index (κ3) is 6.02. The van der Waals surface area contributed by atoms with Crippen LogP contribution in [0, 0.1) is 0 Å². The fourth-order valence-electron chi connectivity index (χ4n) is 3.06. The second-order valence-electron chi connectivity index (χ2n) is 7.30. The highest BCUT2D eigenvalue weighted by Gasteiger charge is 2.27. The topological polar surface area (TPSA) is 84.9 Å². The summed E-state index contributed by atoms with van der Waals surface area (Å²) in [4.78, 5) is 12.7. The van der Waals surface area contributed by atoms with Gasteiger partial charge in [-0.3, -0.25) is 4.79 Å². The molecule has 0 spiro atoms. The summed E-state index contributed by atoms with van der Waals surface area (Å²) in [5, 5.41) is 3.51. The number of morpholine rings is 1. The van der Waals surface area contributed by atoms with Crippen LogP contribution in [0.1, 0.15) is 19.4 Å². The van der Waals surface area contributed by atoms with Crippen molar-refractivity contribution in [2.75, 3.05) is 31.6 Å². The van der Waals surface area contributed by atoms with E-state index in [1.165, 1.54) is 34.7 Å². The fourth-order valence-corrected chi connectivity index (χ4v) is 5.02. The number of sulfonamides is 1. The average Bonchev–Trinajstić information content (AvgIpc) is 2.75. The first-order valence-corrected chi connectivity index (χ1v) is 12.2. The number of anilines is 1. The van der Waals surface area contributed by atoms with Crippen molar-refractivity contribution < 1.29 is 22.7 Å². The van der Waals surface area contributed by atoms with Crippen molar-refractivity contribution in [3.05, 3.63) is 58.1 Å². The second kappa shape index (κ2) is 10.7. The van der Waals surface area contributed by atoms with Crippen LogP contribution in [0.15, 0.2) is 47.4 Å². The molecule has 1 N–H and O–H groups in total. The third-order valence-electron chi connectivity index (χ3n) is 4.58. The molecule has 0 aliphatic carbocycles. The van der Waals surface area contributed by atoms with Crippen LogP contribution in [-0.2, 0) is 19.6 Å². The van der Waals surface area contributed by atoms with Crippen LogP contribution >= 0.6 is 23.2 Å². The Hall–Kier alpha value is -2.10. The van der Waals surface area contributed by atoms with Crippen molar-refractivity contribution in [2.24, 2.45) is 0 Å². The van der Waals surface area contributed by atoms with E-state index in [1.807, 2.05) is 13.8 Å². The van der Waals surface area contributed by atoms with E-state index in [0.717, 1.165) is 0 Å². The molecule has 0 saturated carbocycles. The maximum atomic E-state index is 13.0. The maximum Gasteiger partial charge on any atom is 0.248 e. The van der Waals surface area contributed by atoms with Crippen LogP contribution in [0.4, 0.5) is 5.69 Å². The summed E-state index contributed by atoms with van der Waals surface area (Å²) >= 11 is 12.3. The van der Waals surface area contributed by atoms with Crippen LogP contribution in [0.2, 0.25) is 10.0 Å². The fraction of sp³-hybridized carbons (Fsp3) is 0.318. The van der Waals surface area contributed by atoms with Gasteiger partial charge in [0.05, 0.1) is 29.9 Å². The Morgan fingerprint density at radius 2 is 1.81 bits per heavy atom. The van der Waals surface area contributed by atoms with Gasteiger partial charge in [-0.1, -0.05) is 29.3 Å². The van der Waals surface area contributed by atoms with Gasteiger partial charge in [-0.2, -0.15) is 4.31 Å². The van der Waals surface area contributed by atoms with Gasteiger partial charge in [-0.25, -0.2) is 8.42 Å². The number of hydrogen-bond donors (Lipinski definition) is 1. The molecular weight excluding hydrogens is 475 g/mol. The van der Waals surface area contributed by atoms with Crippen LogP contribution in [0.3, 0.4) is 0 Å². The van der Waals surface area contributed by atoms with Gasteiger partial charge in [0.25, 0.3) is 0 Å². The average molecular weight is 499 g/mol. The SMILES string of the molecule is CC(C)Oc1ccc(S(=O)(=O)N2CCOCC2)cc1NC(=O)/C=C/c1c(Cl)cccc1Cl. The van der Waals surface area contributed by atoms with Crippen molar-refractivity contribution in [3.63, 3.8) is 0 Å². The van der Waals surface area contributed by atoms with Crippen molar-refractivity contribution in [1.29, 1.82) is 0 Å². The summed E-state index contributed by atoms with van der Waals surface area (Å²) in [6.07, 6.45) is 2.59. The standard InChI is InChI=1S/C22H24Cl2N2O5S/c1-15(2)31-21-8-6-16(32(28,29)26-10-12-30-13-11-26)14-20(21)25-22(27)9-7-17-18(23)4-3-5-19(17)24/h3-9,14-15H,10-13H2,1-2H3,(H,25,27)/b9-7+. The summed E-state index contributed by atoms with van der Waals surface area (Å²) in [6.45, 7) is 4.90. The summed E-state index contributed by atoms with van der Waals surface area (Å²) < 4.78 is 38.4. The molecule has 3 rings (SSSR count). The number of rotatable bonds is 7. The minimum atomic E-state index is -3.74. The first-order chi connectivity index (χ1) is 15.2. The van der Waals surface area contributed by atoms with Gasteiger partial charge in [0, 0.05) is 34.8 Å². The van der Waals surface area contributed by atoms with Gasteiger partial charge in [-0.15, -0.1) is 0 Å². The molecule has 1 fully saturated rings. The molecule has 0 bridgehead atoms. The Labute approximate surface area is 198 Å². The van der Waals surface area contributed by atoms with Gasteiger partial charge < -0.3 is 14.8 Å². The Bertz CT molecular complexity index is 1090. The van der Waals surface area contributed by atoms with E-state index in [9.17, 15) is 13.2 Å². The summed E-state index contributed by atoms with van der Waals surface area (Å²) in [7, 11) is -3.74. The molecule has 0 aromatic heterocycles. The molecule has 32 heavy (non-hydrogen) atoms. The number of ether oxygens (including phenoxy) is 2. The molecule has 1 saturated heterocycles. The van der Waals surface area contributed by atoms with Crippen molar-refractivity contribution in [1.82, 2.24) is 4.31 Å². The second-order valence-corrected chi connectivity index (χ2v) is 10.1. The molecule has 1 aliphatic rings. The van der Waals surface area contributed by atoms with E-state index in [0.29, 0.717) is 34.6 Å². The van der Waals surface area contributed by atoms with Crippen LogP contribution in [0.5, 0.6) is 5.75 Å². The molecule has 0 atom stereocenters. The first kappa shape index (κ1) is 24.5. The first-order valence-electron chi connectivity index (χ1n) is 10.00. The van der Waals surface area contributed by atoms with Gasteiger partial charge in [-0.05, 0) is 50.3 Å². The molecule has 2 aromatic carbocycles. The highest BCUT2D eigenvalue weighted by atomic mass is 35.5. The summed E-state index contributed by atoms with van der Waals surface area (Å²) in [6, 6.07) is 9.45. The molecule has 0 unspecified atom stereocenters.